The molecule has 1 heterocycles. The van der Waals surface area contributed by atoms with Gasteiger partial charge in [0, 0.05) is 10.5 Å². The van der Waals surface area contributed by atoms with Crippen molar-refractivity contribution in [1.29, 1.82) is 0 Å². The van der Waals surface area contributed by atoms with Crippen LogP contribution in [0.1, 0.15) is 15.9 Å². The van der Waals surface area contributed by atoms with E-state index in [-0.39, 0.29) is 0 Å². The third-order valence-electron chi connectivity index (χ3n) is 3.41. The molecule has 2 aromatic carbocycles. The summed E-state index contributed by atoms with van der Waals surface area (Å²) in [6.07, 6.45) is 1.80. The number of thioether (sulfide) groups is 1. The van der Waals surface area contributed by atoms with Crippen LogP contribution < -0.4 is 10.5 Å². The minimum absolute atomic E-state index is 0.401. The van der Waals surface area contributed by atoms with Gasteiger partial charge in [-0.05, 0) is 42.0 Å². The van der Waals surface area contributed by atoms with Gasteiger partial charge in [-0.15, -0.1) is 0 Å². The van der Waals surface area contributed by atoms with Crippen LogP contribution in [0.4, 0.5) is 0 Å². The highest BCUT2D eigenvalue weighted by molar-refractivity contribution is 14.1. The molecule has 1 aliphatic heterocycles. The summed E-state index contributed by atoms with van der Waals surface area (Å²) >= 11 is 0.865. The summed E-state index contributed by atoms with van der Waals surface area (Å²) in [4.78, 5) is 13.0. The largest absolute Gasteiger partial charge is 0.497 e. The number of carbonyl (C=O) groups excluding carboxylic acids is 1. The summed E-state index contributed by atoms with van der Waals surface area (Å²) in [5.41, 5.74) is 6.75. The lowest BCUT2D eigenvalue weighted by atomic mass is 10.2. The monoisotopic (exact) mass is 481 g/mol. The molecular formula is C18H16IN3O3S. The lowest BCUT2D eigenvalue weighted by Gasteiger charge is -2.13. The third kappa shape index (κ3) is 4.92. The summed E-state index contributed by atoms with van der Waals surface area (Å²) in [6.45, 7) is 0.401. The standard InChI is InChI=1S/C18H16IN3O3S/c1-24-14-4-2-3-12(9-14)11-25-18-16(10-21-19-22-18)26-15-7-5-13(6-8-15)17(20)23/h2-10H,11H2,1H3,(H2,20,23). The van der Waals surface area contributed by atoms with Gasteiger partial charge in [-0.25, -0.2) is 3.15 Å². The van der Waals surface area contributed by atoms with E-state index in [0.29, 0.717) is 18.1 Å². The van der Waals surface area contributed by atoms with Crippen molar-refractivity contribution in [2.45, 2.75) is 11.5 Å². The normalized spacial score (nSPS) is 13.3. The highest BCUT2D eigenvalue weighted by atomic mass is 127. The molecule has 1 amide bonds. The van der Waals surface area contributed by atoms with Gasteiger partial charge >= 0.3 is 0 Å². The summed E-state index contributed by atoms with van der Waals surface area (Å²) in [5.74, 6) is 0.945. The Bertz CT molecular complexity index is 895. The second-order valence-corrected chi connectivity index (χ2v) is 7.77. The maximum absolute atomic E-state index is 11.2. The first-order valence-corrected chi connectivity index (χ1v) is 10.4. The van der Waals surface area contributed by atoms with Crippen molar-refractivity contribution >= 4 is 44.9 Å². The molecule has 0 aromatic heterocycles. The summed E-state index contributed by atoms with van der Waals surface area (Å²) < 4.78 is 19.9. The van der Waals surface area contributed by atoms with Crippen LogP contribution in [0, 0.1) is 0 Å². The molecule has 26 heavy (non-hydrogen) atoms. The molecule has 0 radical (unpaired) electrons. The van der Waals surface area contributed by atoms with Crippen LogP contribution in [0.15, 0.2) is 70.9 Å². The van der Waals surface area contributed by atoms with E-state index in [1.165, 1.54) is 11.8 Å². The van der Waals surface area contributed by atoms with E-state index >= 15 is 0 Å². The summed E-state index contributed by atoms with van der Waals surface area (Å²) in [5, 5.41) is 0. The van der Waals surface area contributed by atoms with E-state index in [9.17, 15) is 4.79 Å². The van der Waals surface area contributed by atoms with Crippen LogP contribution in [-0.4, -0.2) is 18.9 Å². The minimum Gasteiger partial charge on any atom is -0.497 e. The average molecular weight is 481 g/mol. The number of nitrogens with two attached hydrogens (primary N) is 1. The first-order chi connectivity index (χ1) is 12.7. The van der Waals surface area contributed by atoms with E-state index in [4.69, 9.17) is 15.2 Å². The fourth-order valence-electron chi connectivity index (χ4n) is 2.11. The first-order valence-electron chi connectivity index (χ1n) is 7.61. The number of rotatable bonds is 6. The zero-order valence-corrected chi connectivity index (χ0v) is 16.9. The molecule has 0 aliphatic carbocycles. The maximum atomic E-state index is 11.2. The van der Waals surface area contributed by atoms with Crippen molar-refractivity contribution in [3.8, 4) is 5.75 Å². The number of amides is 1. The number of halogens is 1. The summed E-state index contributed by atoms with van der Waals surface area (Å²) in [6, 6.07) is 14.8. The SMILES string of the molecule is COc1cccc(COC2=NI=NC=C2Sc2ccc(C(N)=O)cc2)c1. The summed E-state index contributed by atoms with van der Waals surface area (Å²) in [7, 11) is 1.64. The molecule has 3 rings (SSSR count). The number of hydrogen-bond acceptors (Lipinski definition) is 6. The minimum atomic E-state index is -0.623. The molecule has 1 aliphatic rings. The molecule has 2 aromatic rings. The number of methoxy groups -OCH3 is 1. The molecule has 0 bridgehead atoms. The Morgan fingerprint density at radius 2 is 2.04 bits per heavy atom. The highest BCUT2D eigenvalue weighted by Crippen LogP contribution is 2.32. The van der Waals surface area contributed by atoms with Gasteiger partial charge in [-0.1, -0.05) is 23.9 Å². The Kier molecular flexibility index (Phi) is 6.40. The molecule has 134 valence electrons. The fourth-order valence-corrected chi connectivity index (χ4v) is 4.41. The Labute approximate surface area is 166 Å². The van der Waals surface area contributed by atoms with Crippen molar-refractivity contribution in [3.05, 3.63) is 70.8 Å². The topological polar surface area (TPSA) is 86.3 Å². The number of nitrogens with zero attached hydrogens (tertiary/aromatic N) is 2. The van der Waals surface area contributed by atoms with Crippen molar-refractivity contribution in [2.75, 3.05) is 7.11 Å². The predicted octanol–water partition coefficient (Wildman–Crippen LogP) is 4.43. The number of carbonyl (C=O) groups is 1. The van der Waals surface area contributed by atoms with Gasteiger partial charge in [0.05, 0.1) is 18.2 Å². The number of primary amides is 1. The molecule has 6 nitrogen and oxygen atoms in total. The molecule has 0 spiro atoms. The van der Waals surface area contributed by atoms with Gasteiger partial charge in [-0.3, -0.25) is 4.79 Å². The number of benzene rings is 2. The number of ether oxygens (including phenoxy) is 2. The van der Waals surface area contributed by atoms with E-state index in [1.807, 2.05) is 36.4 Å². The smallest absolute Gasteiger partial charge is 0.248 e. The second-order valence-electron chi connectivity index (χ2n) is 5.19. The average Bonchev–Trinajstić information content (AvgIpc) is 2.68. The van der Waals surface area contributed by atoms with Crippen molar-refractivity contribution in [3.63, 3.8) is 0 Å². The van der Waals surface area contributed by atoms with E-state index in [0.717, 1.165) is 21.1 Å². The Balaban J connectivity index is 1.67. The van der Waals surface area contributed by atoms with Crippen LogP contribution >= 0.6 is 33.1 Å². The van der Waals surface area contributed by atoms with Gasteiger partial charge in [0.1, 0.15) is 33.7 Å². The van der Waals surface area contributed by atoms with Gasteiger partial charge in [0.15, 0.2) is 0 Å². The zero-order chi connectivity index (χ0) is 18.4. The molecule has 8 heteroatoms. The Morgan fingerprint density at radius 1 is 1.23 bits per heavy atom. The van der Waals surface area contributed by atoms with Crippen LogP contribution in [0.5, 0.6) is 5.75 Å². The fraction of sp³-hybridized carbons (Fsp3) is 0.111. The highest BCUT2D eigenvalue weighted by Gasteiger charge is 2.14. The predicted molar refractivity (Wildman–Crippen MR) is 111 cm³/mol. The first kappa shape index (κ1) is 18.6. The number of hydrogen-bond donors (Lipinski definition) is 1. The van der Waals surface area contributed by atoms with E-state index in [2.05, 4.69) is 6.35 Å². The second kappa shape index (κ2) is 8.95. The van der Waals surface area contributed by atoms with Gasteiger partial charge in [-0.2, -0.15) is 3.21 Å². The lowest BCUT2D eigenvalue weighted by molar-refractivity contribution is 0.1000. The van der Waals surface area contributed by atoms with Crippen LogP contribution in [0.3, 0.4) is 0 Å². The molecule has 0 atom stereocenters. The van der Waals surface area contributed by atoms with Crippen LogP contribution in [-0.2, 0) is 11.3 Å². The van der Waals surface area contributed by atoms with Crippen molar-refractivity contribution in [1.82, 2.24) is 0 Å². The Morgan fingerprint density at radius 3 is 2.77 bits per heavy atom. The molecular weight excluding hydrogens is 465 g/mol. The molecule has 0 saturated carbocycles. The molecule has 0 unspecified atom stereocenters. The van der Waals surface area contributed by atoms with E-state index in [1.54, 1.807) is 25.4 Å². The van der Waals surface area contributed by atoms with Crippen LogP contribution in [0.25, 0.3) is 0 Å². The van der Waals surface area contributed by atoms with E-state index < -0.39 is 27.2 Å². The van der Waals surface area contributed by atoms with Gasteiger partial charge in [0.2, 0.25) is 11.8 Å². The zero-order valence-electron chi connectivity index (χ0n) is 13.9. The maximum Gasteiger partial charge on any atom is 0.248 e. The lowest BCUT2D eigenvalue weighted by Crippen LogP contribution is -2.10. The van der Waals surface area contributed by atoms with Crippen molar-refractivity contribution < 1.29 is 14.3 Å². The van der Waals surface area contributed by atoms with Crippen molar-refractivity contribution in [2.24, 2.45) is 12.1 Å². The van der Waals surface area contributed by atoms with Crippen LogP contribution in [0.2, 0.25) is 0 Å². The third-order valence-corrected chi connectivity index (χ3v) is 5.60. The molecule has 0 fully saturated rings. The quantitative estimate of drug-likeness (QED) is 0.619. The molecule has 2 N–H and O–H groups in total. The van der Waals surface area contributed by atoms with Gasteiger partial charge < -0.3 is 15.2 Å². The Hall–Kier alpha value is -2.20. The molecule has 0 saturated heterocycles. The van der Waals surface area contributed by atoms with Gasteiger partial charge in [0.25, 0.3) is 0 Å².